The Balaban J connectivity index is 2.60. The third-order valence-corrected chi connectivity index (χ3v) is 4.09. The number of carbonyl (C=O) groups is 1. The third kappa shape index (κ3) is 3.78. The van der Waals surface area contributed by atoms with Crippen molar-refractivity contribution < 1.29 is 9.90 Å². The first-order chi connectivity index (χ1) is 11.0. The number of hydrogen-bond acceptors (Lipinski definition) is 3. The second kappa shape index (κ2) is 6.31. The smallest absolute Gasteiger partial charge is 0.152 e. The molecule has 0 aliphatic carbocycles. The summed E-state index contributed by atoms with van der Waals surface area (Å²) in [6.07, 6.45) is 0.845. The second-order valence-electron chi connectivity index (χ2n) is 8.25. The SMILES string of the molecule is CC(C)(C)c1cc(Nc2ccccc2C=O)cc(C(C)(C)C)c1O. The van der Waals surface area contributed by atoms with Crippen molar-refractivity contribution in [2.75, 3.05) is 5.32 Å². The van der Waals surface area contributed by atoms with Crippen LogP contribution in [-0.2, 0) is 10.8 Å². The molecule has 0 amide bonds. The number of hydrogen-bond donors (Lipinski definition) is 2. The predicted octanol–water partition coefficient (Wildman–Crippen LogP) is 5.54. The van der Waals surface area contributed by atoms with Gasteiger partial charge < -0.3 is 10.4 Å². The van der Waals surface area contributed by atoms with Crippen LogP contribution in [0, 0.1) is 0 Å². The first-order valence-corrected chi connectivity index (χ1v) is 8.23. The summed E-state index contributed by atoms with van der Waals surface area (Å²) in [5, 5.41) is 14.1. The van der Waals surface area contributed by atoms with E-state index in [-0.39, 0.29) is 10.8 Å². The number of phenols is 1. The van der Waals surface area contributed by atoms with Gasteiger partial charge in [0.15, 0.2) is 6.29 Å². The van der Waals surface area contributed by atoms with Crippen molar-refractivity contribution in [3.8, 4) is 5.75 Å². The fraction of sp³-hybridized carbons (Fsp3) is 0.381. The van der Waals surface area contributed by atoms with Crippen molar-refractivity contribution in [2.45, 2.75) is 52.4 Å². The number of nitrogens with one attached hydrogen (secondary N) is 1. The van der Waals surface area contributed by atoms with Crippen LogP contribution in [0.25, 0.3) is 0 Å². The minimum atomic E-state index is -0.189. The third-order valence-electron chi connectivity index (χ3n) is 4.09. The number of rotatable bonds is 3. The number of carbonyl (C=O) groups excluding carboxylic acids is 1. The number of phenolic OH excluding ortho intramolecular Hbond substituents is 1. The van der Waals surface area contributed by atoms with Crippen molar-refractivity contribution in [3.05, 3.63) is 53.1 Å². The highest BCUT2D eigenvalue weighted by atomic mass is 16.3. The fourth-order valence-corrected chi connectivity index (χ4v) is 2.72. The lowest BCUT2D eigenvalue weighted by Crippen LogP contribution is -2.17. The van der Waals surface area contributed by atoms with Crippen molar-refractivity contribution in [1.82, 2.24) is 0 Å². The van der Waals surface area contributed by atoms with Crippen LogP contribution in [0.3, 0.4) is 0 Å². The molecule has 0 saturated heterocycles. The topological polar surface area (TPSA) is 49.3 Å². The number of para-hydroxylation sites is 1. The van der Waals surface area contributed by atoms with Gasteiger partial charge in [0.1, 0.15) is 5.75 Å². The number of anilines is 2. The van der Waals surface area contributed by atoms with E-state index >= 15 is 0 Å². The van der Waals surface area contributed by atoms with E-state index in [1.165, 1.54) is 0 Å². The minimum absolute atomic E-state index is 0.189. The summed E-state index contributed by atoms with van der Waals surface area (Å²) in [5.74, 6) is 0.351. The zero-order valence-corrected chi connectivity index (χ0v) is 15.4. The fourth-order valence-electron chi connectivity index (χ4n) is 2.72. The van der Waals surface area contributed by atoms with Crippen LogP contribution in [0.4, 0.5) is 11.4 Å². The Morgan fingerprint density at radius 1 is 0.917 bits per heavy atom. The molecule has 24 heavy (non-hydrogen) atoms. The molecule has 0 atom stereocenters. The van der Waals surface area contributed by atoms with E-state index in [4.69, 9.17) is 0 Å². The van der Waals surface area contributed by atoms with E-state index in [0.717, 1.165) is 28.8 Å². The highest BCUT2D eigenvalue weighted by Gasteiger charge is 2.26. The number of aldehydes is 1. The average molecular weight is 325 g/mol. The van der Waals surface area contributed by atoms with Gasteiger partial charge in [-0.15, -0.1) is 0 Å². The maximum Gasteiger partial charge on any atom is 0.152 e. The van der Waals surface area contributed by atoms with E-state index in [1.807, 2.05) is 30.3 Å². The first-order valence-electron chi connectivity index (χ1n) is 8.23. The van der Waals surface area contributed by atoms with Crippen molar-refractivity contribution >= 4 is 17.7 Å². The molecule has 2 N–H and O–H groups in total. The standard InChI is InChI=1S/C21H27NO2/c1-20(2,3)16-11-15(12-17(19(16)24)21(4,5)6)22-18-10-8-7-9-14(18)13-23/h7-13,22,24H,1-6H3. The lowest BCUT2D eigenvalue weighted by molar-refractivity contribution is 0.112. The van der Waals surface area contributed by atoms with Gasteiger partial charge in [-0.1, -0.05) is 53.7 Å². The molecule has 0 heterocycles. The highest BCUT2D eigenvalue weighted by molar-refractivity contribution is 5.86. The monoisotopic (exact) mass is 325 g/mol. The van der Waals surface area contributed by atoms with Gasteiger partial charge in [-0.3, -0.25) is 4.79 Å². The molecule has 0 aliphatic rings. The van der Waals surface area contributed by atoms with Gasteiger partial charge in [0.25, 0.3) is 0 Å². The molecule has 0 bridgehead atoms. The normalized spacial score (nSPS) is 12.1. The number of benzene rings is 2. The van der Waals surface area contributed by atoms with Gasteiger partial charge in [0.2, 0.25) is 0 Å². The molecule has 2 rings (SSSR count). The molecule has 0 aliphatic heterocycles. The molecular weight excluding hydrogens is 298 g/mol. The Labute approximate surface area is 144 Å². The van der Waals surface area contributed by atoms with Crippen molar-refractivity contribution in [3.63, 3.8) is 0 Å². The Morgan fingerprint density at radius 2 is 1.42 bits per heavy atom. The summed E-state index contributed by atoms with van der Waals surface area (Å²) in [5.41, 5.74) is 3.65. The molecule has 0 radical (unpaired) electrons. The van der Waals surface area contributed by atoms with Gasteiger partial charge in [0, 0.05) is 28.1 Å². The maximum atomic E-state index is 11.2. The van der Waals surface area contributed by atoms with Gasteiger partial charge >= 0.3 is 0 Å². The van der Waals surface area contributed by atoms with Crippen LogP contribution < -0.4 is 5.32 Å². The average Bonchev–Trinajstić information content (AvgIpc) is 2.47. The van der Waals surface area contributed by atoms with Crippen LogP contribution in [0.2, 0.25) is 0 Å². The van der Waals surface area contributed by atoms with E-state index in [2.05, 4.69) is 46.9 Å². The summed E-state index contributed by atoms with van der Waals surface area (Å²) in [6.45, 7) is 12.5. The van der Waals surface area contributed by atoms with Crippen LogP contribution in [0.1, 0.15) is 63.0 Å². The molecule has 128 valence electrons. The molecule has 0 aromatic heterocycles. The minimum Gasteiger partial charge on any atom is -0.507 e. The Morgan fingerprint density at radius 3 is 1.88 bits per heavy atom. The largest absolute Gasteiger partial charge is 0.507 e. The lowest BCUT2D eigenvalue weighted by atomic mass is 9.79. The predicted molar refractivity (Wildman–Crippen MR) is 101 cm³/mol. The molecule has 2 aromatic rings. The van der Waals surface area contributed by atoms with E-state index in [0.29, 0.717) is 11.3 Å². The van der Waals surface area contributed by atoms with Crippen molar-refractivity contribution in [1.29, 1.82) is 0 Å². The Hall–Kier alpha value is -2.29. The van der Waals surface area contributed by atoms with Crippen molar-refractivity contribution in [2.24, 2.45) is 0 Å². The maximum absolute atomic E-state index is 11.2. The van der Waals surface area contributed by atoms with Gasteiger partial charge in [-0.2, -0.15) is 0 Å². The van der Waals surface area contributed by atoms with Crippen LogP contribution >= 0.6 is 0 Å². The molecule has 3 heteroatoms. The summed E-state index contributed by atoms with van der Waals surface area (Å²) in [4.78, 5) is 11.2. The summed E-state index contributed by atoms with van der Waals surface area (Å²) < 4.78 is 0. The molecule has 3 nitrogen and oxygen atoms in total. The van der Waals surface area contributed by atoms with Gasteiger partial charge in [0.05, 0.1) is 0 Å². The molecule has 2 aromatic carbocycles. The Bertz CT molecular complexity index is 714. The highest BCUT2D eigenvalue weighted by Crippen LogP contribution is 2.41. The summed E-state index contributed by atoms with van der Waals surface area (Å²) in [6, 6.07) is 11.3. The van der Waals surface area contributed by atoms with Gasteiger partial charge in [-0.25, -0.2) is 0 Å². The summed E-state index contributed by atoms with van der Waals surface area (Å²) in [7, 11) is 0. The molecule has 0 saturated carbocycles. The summed E-state index contributed by atoms with van der Waals surface area (Å²) >= 11 is 0. The zero-order chi connectivity index (χ0) is 18.1. The van der Waals surface area contributed by atoms with Crippen LogP contribution in [0.5, 0.6) is 5.75 Å². The number of aromatic hydroxyl groups is 1. The molecule has 0 fully saturated rings. The quantitative estimate of drug-likeness (QED) is 0.575. The Kier molecular flexibility index (Phi) is 4.75. The van der Waals surface area contributed by atoms with E-state index in [9.17, 15) is 9.90 Å². The van der Waals surface area contributed by atoms with Crippen LogP contribution in [0.15, 0.2) is 36.4 Å². The van der Waals surface area contributed by atoms with E-state index < -0.39 is 0 Å². The molecular formula is C21H27NO2. The molecule has 0 spiro atoms. The van der Waals surface area contributed by atoms with E-state index in [1.54, 1.807) is 6.07 Å². The lowest BCUT2D eigenvalue weighted by Gasteiger charge is -2.28. The van der Waals surface area contributed by atoms with Gasteiger partial charge in [-0.05, 0) is 35.1 Å². The first kappa shape index (κ1) is 18.1. The van der Waals surface area contributed by atoms with Crippen LogP contribution in [-0.4, -0.2) is 11.4 Å². The molecule has 0 unspecified atom stereocenters. The second-order valence-corrected chi connectivity index (χ2v) is 8.25. The zero-order valence-electron chi connectivity index (χ0n) is 15.4.